The molecule has 154 valence electrons. The summed E-state index contributed by atoms with van der Waals surface area (Å²) in [6.45, 7) is 5.34. The lowest BCUT2D eigenvalue weighted by atomic mass is 10.1. The third-order valence-corrected chi connectivity index (χ3v) is 5.31. The van der Waals surface area contributed by atoms with E-state index in [1.807, 2.05) is 6.92 Å². The minimum atomic E-state index is -0.379. The van der Waals surface area contributed by atoms with Gasteiger partial charge in [0.05, 0.1) is 12.2 Å². The maximum Gasteiger partial charge on any atom is 0.273 e. The van der Waals surface area contributed by atoms with Gasteiger partial charge in [0.2, 0.25) is 0 Å². The predicted octanol–water partition coefficient (Wildman–Crippen LogP) is 5.93. The summed E-state index contributed by atoms with van der Waals surface area (Å²) in [6.07, 6.45) is 10.3. The Bertz CT molecular complexity index is 682. The smallest absolute Gasteiger partial charge is 0.273 e. The van der Waals surface area contributed by atoms with E-state index in [9.17, 15) is 9.59 Å². The Kier molecular flexibility index (Phi) is 9.56. The molecule has 1 aromatic carbocycles. The van der Waals surface area contributed by atoms with Crippen LogP contribution in [-0.2, 0) is 9.59 Å². The van der Waals surface area contributed by atoms with E-state index in [1.165, 1.54) is 37.0 Å². The third-order valence-electron chi connectivity index (χ3n) is 4.96. The van der Waals surface area contributed by atoms with Crippen molar-refractivity contribution in [3.63, 3.8) is 0 Å². The van der Waals surface area contributed by atoms with Gasteiger partial charge in [0.15, 0.2) is 0 Å². The average Bonchev–Trinajstić information content (AvgIpc) is 2.92. The van der Waals surface area contributed by atoms with E-state index in [4.69, 9.17) is 16.3 Å². The van der Waals surface area contributed by atoms with Crippen LogP contribution < -0.4 is 4.74 Å². The van der Waals surface area contributed by atoms with Gasteiger partial charge < -0.3 is 4.74 Å². The molecule has 2 amide bonds. The summed E-state index contributed by atoms with van der Waals surface area (Å²) in [5.74, 6) is 0.0750. The van der Waals surface area contributed by atoms with Crippen LogP contribution in [0.2, 0.25) is 0 Å². The summed E-state index contributed by atoms with van der Waals surface area (Å²) < 4.78 is 5.56. The quantitative estimate of drug-likeness (QED) is 0.301. The van der Waals surface area contributed by atoms with Gasteiger partial charge in [-0.3, -0.25) is 14.5 Å². The monoisotopic (exact) mass is 405 g/mol. The standard InChI is InChI=1S/C23H32ClNO3/c1-3-5-6-7-8-9-10-11-16-25-22(26)20(21(24)23(25)27)18-12-14-19(15-13-18)28-17-4-2/h12-15H,3-11,16-17H2,1-2H3. The van der Waals surface area contributed by atoms with Gasteiger partial charge in [-0.05, 0) is 30.5 Å². The van der Waals surface area contributed by atoms with Crippen molar-refractivity contribution in [2.24, 2.45) is 0 Å². The molecule has 2 rings (SSSR count). The van der Waals surface area contributed by atoms with Crippen LogP contribution in [0.1, 0.15) is 77.2 Å². The summed E-state index contributed by atoms with van der Waals surface area (Å²) in [6, 6.07) is 7.18. The summed E-state index contributed by atoms with van der Waals surface area (Å²) >= 11 is 6.22. The van der Waals surface area contributed by atoms with Crippen molar-refractivity contribution in [1.29, 1.82) is 0 Å². The fourth-order valence-corrected chi connectivity index (χ4v) is 3.63. The van der Waals surface area contributed by atoms with E-state index in [0.29, 0.717) is 24.3 Å². The van der Waals surface area contributed by atoms with Gasteiger partial charge in [0.25, 0.3) is 11.8 Å². The molecular formula is C23H32ClNO3. The first-order valence-corrected chi connectivity index (χ1v) is 11.0. The van der Waals surface area contributed by atoms with Gasteiger partial charge in [-0.1, -0.05) is 82.5 Å². The number of halogens is 1. The Morgan fingerprint density at radius 1 is 0.821 bits per heavy atom. The molecule has 0 atom stereocenters. The van der Waals surface area contributed by atoms with Crippen molar-refractivity contribution < 1.29 is 14.3 Å². The molecule has 0 N–H and O–H groups in total. The molecule has 0 radical (unpaired) electrons. The van der Waals surface area contributed by atoms with Gasteiger partial charge in [-0.25, -0.2) is 0 Å². The van der Waals surface area contributed by atoms with E-state index in [1.54, 1.807) is 24.3 Å². The molecule has 0 fully saturated rings. The van der Waals surface area contributed by atoms with Crippen LogP contribution >= 0.6 is 11.6 Å². The van der Waals surface area contributed by atoms with Crippen LogP contribution in [0.3, 0.4) is 0 Å². The van der Waals surface area contributed by atoms with Crippen molar-refractivity contribution in [1.82, 2.24) is 4.90 Å². The number of carbonyl (C=O) groups excluding carboxylic acids is 2. The van der Waals surface area contributed by atoms with E-state index in [0.717, 1.165) is 31.4 Å². The zero-order chi connectivity index (χ0) is 20.4. The Hall–Kier alpha value is -1.81. The highest BCUT2D eigenvalue weighted by Gasteiger charge is 2.37. The maximum atomic E-state index is 12.8. The number of benzene rings is 1. The summed E-state index contributed by atoms with van der Waals surface area (Å²) in [5, 5.41) is 0.0202. The van der Waals surface area contributed by atoms with Crippen LogP contribution in [-0.4, -0.2) is 29.9 Å². The molecule has 1 aliphatic heterocycles. The van der Waals surface area contributed by atoms with Crippen molar-refractivity contribution in [3.05, 3.63) is 34.9 Å². The zero-order valence-corrected chi connectivity index (χ0v) is 17.9. The molecule has 0 saturated carbocycles. The summed E-state index contributed by atoms with van der Waals surface area (Å²) in [5.41, 5.74) is 0.957. The number of unbranched alkanes of at least 4 members (excludes halogenated alkanes) is 7. The molecule has 0 bridgehead atoms. The molecule has 0 saturated heterocycles. The van der Waals surface area contributed by atoms with Crippen molar-refractivity contribution in [2.45, 2.75) is 71.6 Å². The summed E-state index contributed by atoms with van der Waals surface area (Å²) in [4.78, 5) is 26.5. The highest BCUT2D eigenvalue weighted by molar-refractivity contribution is 6.55. The van der Waals surface area contributed by atoms with Gasteiger partial charge in [-0.2, -0.15) is 0 Å². The van der Waals surface area contributed by atoms with E-state index < -0.39 is 0 Å². The molecule has 0 aromatic heterocycles. The lowest BCUT2D eigenvalue weighted by molar-refractivity contribution is -0.136. The second kappa shape index (κ2) is 11.9. The number of nitrogens with zero attached hydrogens (tertiary/aromatic N) is 1. The number of hydrogen-bond donors (Lipinski definition) is 0. The highest BCUT2D eigenvalue weighted by atomic mass is 35.5. The lowest BCUT2D eigenvalue weighted by Gasteiger charge is -2.14. The van der Waals surface area contributed by atoms with E-state index in [-0.39, 0.29) is 16.8 Å². The molecule has 1 aliphatic rings. The highest BCUT2D eigenvalue weighted by Crippen LogP contribution is 2.32. The van der Waals surface area contributed by atoms with Gasteiger partial charge in [-0.15, -0.1) is 0 Å². The second-order valence-electron chi connectivity index (χ2n) is 7.30. The second-order valence-corrected chi connectivity index (χ2v) is 7.68. The van der Waals surface area contributed by atoms with E-state index >= 15 is 0 Å². The Morgan fingerprint density at radius 3 is 2.04 bits per heavy atom. The van der Waals surface area contributed by atoms with Crippen LogP contribution in [0.4, 0.5) is 0 Å². The number of carbonyl (C=O) groups is 2. The number of hydrogen-bond acceptors (Lipinski definition) is 3. The lowest BCUT2D eigenvalue weighted by Crippen LogP contribution is -2.32. The summed E-state index contributed by atoms with van der Waals surface area (Å²) in [7, 11) is 0. The topological polar surface area (TPSA) is 46.6 Å². The molecular weight excluding hydrogens is 374 g/mol. The number of rotatable bonds is 13. The molecule has 1 heterocycles. The molecule has 0 unspecified atom stereocenters. The third kappa shape index (κ3) is 6.10. The minimum absolute atomic E-state index is 0.0202. The first-order chi connectivity index (χ1) is 13.6. The normalized spacial score (nSPS) is 14.3. The molecule has 4 nitrogen and oxygen atoms in total. The fraction of sp³-hybridized carbons (Fsp3) is 0.565. The van der Waals surface area contributed by atoms with Crippen LogP contribution in [0.15, 0.2) is 29.3 Å². The molecule has 28 heavy (non-hydrogen) atoms. The van der Waals surface area contributed by atoms with Gasteiger partial charge in [0.1, 0.15) is 10.8 Å². The van der Waals surface area contributed by atoms with Gasteiger partial charge in [0, 0.05) is 6.54 Å². The van der Waals surface area contributed by atoms with E-state index in [2.05, 4.69) is 6.92 Å². The zero-order valence-electron chi connectivity index (χ0n) is 17.1. The van der Waals surface area contributed by atoms with Crippen LogP contribution in [0.25, 0.3) is 5.57 Å². The SMILES string of the molecule is CCCCCCCCCCN1C(=O)C(Cl)=C(c2ccc(OCCC)cc2)C1=O. The van der Waals surface area contributed by atoms with Crippen molar-refractivity contribution in [3.8, 4) is 5.75 Å². The largest absolute Gasteiger partial charge is 0.494 e. The molecule has 1 aromatic rings. The Balaban J connectivity index is 1.85. The fourth-order valence-electron chi connectivity index (χ4n) is 3.34. The van der Waals surface area contributed by atoms with Crippen molar-refractivity contribution in [2.75, 3.05) is 13.2 Å². The average molecular weight is 406 g/mol. The number of ether oxygens (including phenoxy) is 1. The molecule has 5 heteroatoms. The predicted molar refractivity (Wildman–Crippen MR) is 114 cm³/mol. The van der Waals surface area contributed by atoms with Crippen LogP contribution in [0.5, 0.6) is 5.75 Å². The minimum Gasteiger partial charge on any atom is -0.494 e. The molecule has 0 spiro atoms. The Labute approximate surface area is 173 Å². The molecule has 0 aliphatic carbocycles. The maximum absolute atomic E-state index is 12.8. The van der Waals surface area contributed by atoms with Gasteiger partial charge >= 0.3 is 0 Å². The first kappa shape index (κ1) is 22.5. The Morgan fingerprint density at radius 2 is 1.43 bits per heavy atom. The van der Waals surface area contributed by atoms with Crippen LogP contribution in [0, 0.1) is 0 Å². The number of imide groups is 1. The van der Waals surface area contributed by atoms with Crippen molar-refractivity contribution >= 4 is 29.0 Å². The first-order valence-electron chi connectivity index (χ1n) is 10.6. The number of amides is 2.